The molecule has 1 aliphatic heterocycles. The molecule has 0 bridgehead atoms. The molecular weight excluding hydrogens is 130 g/mol. The Bertz CT molecular complexity index is 108. The Morgan fingerprint density at radius 3 is 2.70 bits per heavy atom. The SMILES string of the molecule is COC1CC(CO)N(C)C1. The zero-order valence-corrected chi connectivity index (χ0v) is 6.58. The van der Waals surface area contributed by atoms with Gasteiger partial charge in [0, 0.05) is 19.7 Å². The minimum atomic E-state index is 0.246. The summed E-state index contributed by atoms with van der Waals surface area (Å²) in [5.74, 6) is 0. The highest BCUT2D eigenvalue weighted by atomic mass is 16.5. The normalized spacial score (nSPS) is 35.1. The van der Waals surface area contributed by atoms with Gasteiger partial charge in [0.15, 0.2) is 0 Å². The molecule has 0 aliphatic carbocycles. The third kappa shape index (κ3) is 1.48. The Kier molecular flexibility index (Phi) is 2.65. The Labute approximate surface area is 61.6 Å². The molecule has 60 valence electrons. The van der Waals surface area contributed by atoms with E-state index in [9.17, 15) is 0 Å². The average Bonchev–Trinajstić information content (AvgIpc) is 2.30. The molecule has 1 saturated heterocycles. The highest BCUT2D eigenvalue weighted by molar-refractivity contribution is 4.82. The number of hydrogen-bond acceptors (Lipinski definition) is 3. The molecule has 3 nitrogen and oxygen atoms in total. The summed E-state index contributed by atoms with van der Waals surface area (Å²) in [6.07, 6.45) is 1.28. The first-order chi connectivity index (χ1) is 4.77. The van der Waals surface area contributed by atoms with E-state index in [0.717, 1.165) is 13.0 Å². The summed E-state index contributed by atoms with van der Waals surface area (Å²) >= 11 is 0. The van der Waals surface area contributed by atoms with Crippen LogP contribution in [0.5, 0.6) is 0 Å². The van der Waals surface area contributed by atoms with Crippen LogP contribution < -0.4 is 0 Å². The Morgan fingerprint density at radius 1 is 1.70 bits per heavy atom. The highest BCUT2D eigenvalue weighted by Gasteiger charge is 2.28. The van der Waals surface area contributed by atoms with E-state index in [1.807, 2.05) is 7.05 Å². The van der Waals surface area contributed by atoms with Crippen LogP contribution in [0.2, 0.25) is 0 Å². The lowest BCUT2D eigenvalue weighted by Crippen LogP contribution is -2.28. The first kappa shape index (κ1) is 7.98. The van der Waals surface area contributed by atoms with Gasteiger partial charge in [0.05, 0.1) is 12.7 Å². The number of nitrogens with zero attached hydrogens (tertiary/aromatic N) is 1. The molecule has 0 aromatic heterocycles. The predicted molar refractivity (Wildman–Crippen MR) is 38.9 cm³/mol. The third-order valence-electron chi connectivity index (χ3n) is 2.19. The molecule has 2 atom stereocenters. The molecule has 0 radical (unpaired) electrons. The maximum absolute atomic E-state index is 8.85. The molecule has 1 aliphatic rings. The van der Waals surface area contributed by atoms with Gasteiger partial charge in [0.1, 0.15) is 0 Å². The number of methoxy groups -OCH3 is 1. The molecule has 2 unspecified atom stereocenters. The van der Waals surface area contributed by atoms with Crippen molar-refractivity contribution in [1.82, 2.24) is 4.90 Å². The van der Waals surface area contributed by atoms with E-state index in [2.05, 4.69) is 4.90 Å². The summed E-state index contributed by atoms with van der Waals surface area (Å²) < 4.78 is 5.16. The van der Waals surface area contributed by atoms with Crippen molar-refractivity contribution in [2.45, 2.75) is 18.6 Å². The van der Waals surface area contributed by atoms with Gasteiger partial charge in [0.25, 0.3) is 0 Å². The van der Waals surface area contributed by atoms with Crippen LogP contribution in [0.1, 0.15) is 6.42 Å². The van der Waals surface area contributed by atoms with E-state index in [4.69, 9.17) is 9.84 Å². The number of aliphatic hydroxyl groups excluding tert-OH is 1. The van der Waals surface area contributed by atoms with Crippen molar-refractivity contribution in [2.75, 3.05) is 27.3 Å². The fourth-order valence-electron chi connectivity index (χ4n) is 1.41. The first-order valence-corrected chi connectivity index (χ1v) is 3.61. The third-order valence-corrected chi connectivity index (χ3v) is 2.19. The summed E-state index contributed by atoms with van der Waals surface area (Å²) in [6, 6.07) is 0.310. The van der Waals surface area contributed by atoms with Crippen molar-refractivity contribution >= 4 is 0 Å². The van der Waals surface area contributed by atoms with Gasteiger partial charge < -0.3 is 9.84 Å². The molecule has 1 N–H and O–H groups in total. The Balaban J connectivity index is 2.36. The number of aliphatic hydroxyl groups is 1. The van der Waals surface area contributed by atoms with Crippen LogP contribution in [-0.4, -0.2) is 49.5 Å². The van der Waals surface area contributed by atoms with Crippen molar-refractivity contribution in [3.63, 3.8) is 0 Å². The second-order valence-electron chi connectivity index (χ2n) is 2.87. The van der Waals surface area contributed by atoms with Crippen LogP contribution in [0.15, 0.2) is 0 Å². The molecule has 0 saturated carbocycles. The minimum absolute atomic E-state index is 0.246. The van der Waals surface area contributed by atoms with E-state index in [-0.39, 0.29) is 6.61 Å². The van der Waals surface area contributed by atoms with E-state index >= 15 is 0 Å². The van der Waals surface area contributed by atoms with Crippen molar-refractivity contribution in [2.24, 2.45) is 0 Å². The summed E-state index contributed by atoms with van der Waals surface area (Å²) in [5, 5.41) is 8.85. The van der Waals surface area contributed by atoms with Gasteiger partial charge in [-0.15, -0.1) is 0 Å². The molecule has 10 heavy (non-hydrogen) atoms. The number of likely N-dealkylation sites (N-methyl/N-ethyl adjacent to an activating group) is 1. The van der Waals surface area contributed by atoms with Gasteiger partial charge in [-0.3, -0.25) is 4.90 Å². The van der Waals surface area contributed by atoms with Gasteiger partial charge in [-0.05, 0) is 13.5 Å². The smallest absolute Gasteiger partial charge is 0.0714 e. The van der Waals surface area contributed by atoms with E-state index in [1.54, 1.807) is 7.11 Å². The molecule has 1 rings (SSSR count). The van der Waals surface area contributed by atoms with Gasteiger partial charge in [-0.2, -0.15) is 0 Å². The number of ether oxygens (including phenoxy) is 1. The summed E-state index contributed by atoms with van der Waals surface area (Å²) in [6.45, 7) is 1.19. The van der Waals surface area contributed by atoms with Crippen LogP contribution >= 0.6 is 0 Å². The van der Waals surface area contributed by atoms with Crippen molar-refractivity contribution in [3.8, 4) is 0 Å². The first-order valence-electron chi connectivity index (χ1n) is 3.61. The zero-order valence-electron chi connectivity index (χ0n) is 6.58. The second-order valence-corrected chi connectivity index (χ2v) is 2.87. The van der Waals surface area contributed by atoms with Crippen LogP contribution in [0.25, 0.3) is 0 Å². The fraction of sp³-hybridized carbons (Fsp3) is 1.00. The lowest BCUT2D eigenvalue weighted by molar-refractivity contribution is 0.111. The summed E-state index contributed by atoms with van der Waals surface area (Å²) in [7, 11) is 3.73. The van der Waals surface area contributed by atoms with E-state index in [1.165, 1.54) is 0 Å². The molecule has 0 aromatic rings. The maximum atomic E-state index is 8.85. The molecular formula is C7H15NO2. The molecule has 0 amide bonds. The van der Waals surface area contributed by atoms with Gasteiger partial charge in [0.2, 0.25) is 0 Å². The van der Waals surface area contributed by atoms with Crippen LogP contribution in [0.3, 0.4) is 0 Å². The quantitative estimate of drug-likeness (QED) is 0.579. The standard InChI is InChI=1S/C7H15NO2/c1-8-4-7(10-2)3-6(8)5-9/h6-7,9H,3-5H2,1-2H3. The number of hydrogen-bond donors (Lipinski definition) is 1. The monoisotopic (exact) mass is 145 g/mol. The van der Waals surface area contributed by atoms with E-state index in [0.29, 0.717) is 12.1 Å². The summed E-state index contributed by atoms with van der Waals surface area (Å²) in [5.41, 5.74) is 0. The molecule has 1 heterocycles. The Hall–Kier alpha value is -0.120. The van der Waals surface area contributed by atoms with E-state index < -0.39 is 0 Å². The second kappa shape index (κ2) is 3.32. The number of rotatable bonds is 2. The van der Waals surface area contributed by atoms with Crippen molar-refractivity contribution < 1.29 is 9.84 Å². The predicted octanol–water partition coefficient (Wildman–Crippen LogP) is -0.302. The summed E-state index contributed by atoms with van der Waals surface area (Å²) in [4.78, 5) is 2.13. The molecule has 3 heteroatoms. The van der Waals surface area contributed by atoms with Crippen molar-refractivity contribution in [3.05, 3.63) is 0 Å². The minimum Gasteiger partial charge on any atom is -0.395 e. The fourth-order valence-corrected chi connectivity index (χ4v) is 1.41. The molecule has 0 aromatic carbocycles. The Morgan fingerprint density at radius 2 is 2.40 bits per heavy atom. The topological polar surface area (TPSA) is 32.7 Å². The number of likely N-dealkylation sites (tertiary alicyclic amines) is 1. The molecule has 0 spiro atoms. The highest BCUT2D eigenvalue weighted by Crippen LogP contribution is 2.16. The largest absolute Gasteiger partial charge is 0.395 e. The zero-order chi connectivity index (χ0) is 7.56. The lowest BCUT2D eigenvalue weighted by Gasteiger charge is -2.14. The molecule has 1 fully saturated rings. The maximum Gasteiger partial charge on any atom is 0.0714 e. The van der Waals surface area contributed by atoms with Gasteiger partial charge >= 0.3 is 0 Å². The van der Waals surface area contributed by atoms with Crippen LogP contribution in [0.4, 0.5) is 0 Å². The van der Waals surface area contributed by atoms with Gasteiger partial charge in [-0.1, -0.05) is 0 Å². The van der Waals surface area contributed by atoms with Crippen LogP contribution in [-0.2, 0) is 4.74 Å². The van der Waals surface area contributed by atoms with Crippen LogP contribution in [0, 0.1) is 0 Å². The van der Waals surface area contributed by atoms with Crippen molar-refractivity contribution in [1.29, 1.82) is 0 Å². The average molecular weight is 145 g/mol. The lowest BCUT2D eigenvalue weighted by atomic mass is 10.2. The van der Waals surface area contributed by atoms with Gasteiger partial charge in [-0.25, -0.2) is 0 Å².